The van der Waals surface area contributed by atoms with Crippen LogP contribution in [0.2, 0.25) is 0 Å². The zero-order valence-corrected chi connectivity index (χ0v) is 17.1. The highest BCUT2D eigenvalue weighted by atomic mass is 16.2. The van der Waals surface area contributed by atoms with Crippen LogP contribution in [-0.4, -0.2) is 64.3 Å². The van der Waals surface area contributed by atoms with E-state index in [4.69, 9.17) is 0 Å². The molecule has 1 atom stereocenters. The third-order valence-electron chi connectivity index (χ3n) is 5.04. The molecule has 1 fully saturated rings. The van der Waals surface area contributed by atoms with Crippen molar-refractivity contribution in [3.8, 4) is 0 Å². The number of aromatic nitrogens is 2. The fourth-order valence-corrected chi connectivity index (χ4v) is 3.39. The Morgan fingerprint density at radius 2 is 2.18 bits per heavy atom. The molecule has 2 aromatic rings. The number of allylic oxidation sites excluding steroid dienone is 1. The Kier molecular flexibility index (Phi) is 6.14. The molecule has 7 nitrogen and oxygen atoms in total. The topological polar surface area (TPSA) is 81.3 Å². The molecule has 0 radical (unpaired) electrons. The van der Waals surface area contributed by atoms with Gasteiger partial charge in [-0.2, -0.15) is 0 Å². The summed E-state index contributed by atoms with van der Waals surface area (Å²) in [6.07, 6.45) is 2.26. The summed E-state index contributed by atoms with van der Waals surface area (Å²) < 4.78 is 0. The largest absolute Gasteiger partial charge is 0.353 e. The Morgan fingerprint density at radius 1 is 1.39 bits per heavy atom. The summed E-state index contributed by atoms with van der Waals surface area (Å²) in [6.45, 7) is 8.54. The lowest BCUT2D eigenvalue weighted by Crippen LogP contribution is -2.56. The number of aromatic amines is 1. The number of H-pyrrole nitrogens is 1. The fourth-order valence-electron chi connectivity index (χ4n) is 3.39. The van der Waals surface area contributed by atoms with E-state index in [1.54, 1.807) is 11.9 Å². The Balaban J connectivity index is 1.65. The highest BCUT2D eigenvalue weighted by molar-refractivity contribution is 5.88. The number of carbonyl (C=O) groups excluding carboxylic acids is 2. The van der Waals surface area contributed by atoms with Gasteiger partial charge in [-0.3, -0.25) is 14.5 Å². The summed E-state index contributed by atoms with van der Waals surface area (Å²) >= 11 is 0. The van der Waals surface area contributed by atoms with Crippen LogP contribution in [0.4, 0.5) is 0 Å². The quantitative estimate of drug-likeness (QED) is 0.748. The number of aryl methyl sites for hydroxylation is 1. The third kappa shape index (κ3) is 4.78. The predicted octanol–water partition coefficient (Wildman–Crippen LogP) is 1.99. The molecule has 0 unspecified atom stereocenters. The number of nitrogens with zero attached hydrogens (tertiary/aromatic N) is 3. The molecule has 0 saturated carbocycles. The van der Waals surface area contributed by atoms with Crippen LogP contribution in [0.1, 0.15) is 31.7 Å². The van der Waals surface area contributed by atoms with Crippen molar-refractivity contribution in [3.63, 3.8) is 0 Å². The number of benzene rings is 1. The van der Waals surface area contributed by atoms with Crippen molar-refractivity contribution in [3.05, 3.63) is 41.2 Å². The average molecular weight is 383 g/mol. The van der Waals surface area contributed by atoms with Crippen molar-refractivity contribution < 1.29 is 9.59 Å². The van der Waals surface area contributed by atoms with Gasteiger partial charge in [0.2, 0.25) is 11.8 Å². The first-order valence-corrected chi connectivity index (χ1v) is 9.68. The van der Waals surface area contributed by atoms with Crippen LogP contribution in [0.25, 0.3) is 11.0 Å². The van der Waals surface area contributed by atoms with E-state index in [0.29, 0.717) is 19.6 Å². The first kappa shape index (κ1) is 20.1. The van der Waals surface area contributed by atoms with Crippen LogP contribution in [0.15, 0.2) is 29.8 Å². The lowest BCUT2D eigenvalue weighted by atomic mass is 10.1. The van der Waals surface area contributed by atoms with E-state index in [-0.39, 0.29) is 18.2 Å². The molecule has 1 aliphatic heterocycles. The van der Waals surface area contributed by atoms with Crippen molar-refractivity contribution in [2.75, 3.05) is 26.7 Å². The monoisotopic (exact) mass is 383 g/mol. The Morgan fingerprint density at radius 3 is 2.93 bits per heavy atom. The van der Waals surface area contributed by atoms with Crippen LogP contribution >= 0.6 is 0 Å². The second-order valence-electron chi connectivity index (χ2n) is 7.74. The zero-order chi connectivity index (χ0) is 20.3. The normalized spacial score (nSPS) is 17.4. The summed E-state index contributed by atoms with van der Waals surface area (Å²) in [7, 11) is 1.75. The van der Waals surface area contributed by atoms with Gasteiger partial charge in [-0.1, -0.05) is 17.7 Å². The van der Waals surface area contributed by atoms with Gasteiger partial charge in [-0.05, 0) is 38.5 Å². The molecular formula is C21H29N5O2. The summed E-state index contributed by atoms with van der Waals surface area (Å²) in [6, 6.07) is 5.60. The summed E-state index contributed by atoms with van der Waals surface area (Å²) in [5, 5.41) is 2.88. The molecular weight excluding hydrogens is 354 g/mol. The van der Waals surface area contributed by atoms with Gasteiger partial charge < -0.3 is 15.2 Å². The second kappa shape index (κ2) is 8.56. The van der Waals surface area contributed by atoms with E-state index in [1.807, 2.05) is 39.0 Å². The number of hydrogen-bond acceptors (Lipinski definition) is 4. The second-order valence-corrected chi connectivity index (χ2v) is 7.74. The van der Waals surface area contributed by atoms with Crippen molar-refractivity contribution in [2.24, 2.45) is 0 Å². The maximum Gasteiger partial charge on any atom is 0.237 e. The lowest BCUT2D eigenvalue weighted by molar-refractivity contribution is -0.138. The van der Waals surface area contributed by atoms with Gasteiger partial charge in [0.1, 0.15) is 5.82 Å². The number of nitrogens with one attached hydrogen (secondary N) is 2. The first-order chi connectivity index (χ1) is 13.3. The summed E-state index contributed by atoms with van der Waals surface area (Å²) in [4.78, 5) is 36.7. The number of piperazine rings is 1. The molecule has 1 aliphatic rings. The number of fused-ring (bicyclic) bond motifs is 1. The first-order valence-electron chi connectivity index (χ1n) is 9.68. The SMILES string of the molecule is CC(C)=CCN1CCNC(=O)[C@H]1CC(=O)N(C)Cc1nc2ccc(C)cc2[nH]1. The maximum atomic E-state index is 12.8. The van der Waals surface area contributed by atoms with Crippen molar-refractivity contribution in [2.45, 2.75) is 39.8 Å². The Labute approximate surface area is 165 Å². The molecule has 2 amide bonds. The van der Waals surface area contributed by atoms with Crippen LogP contribution in [-0.2, 0) is 16.1 Å². The third-order valence-corrected chi connectivity index (χ3v) is 5.04. The molecule has 1 aromatic carbocycles. The standard InChI is InChI=1S/C21H29N5O2/c1-14(2)7-9-26-10-8-22-21(28)18(26)12-20(27)25(4)13-19-23-16-6-5-15(3)11-17(16)24-19/h5-7,11,18H,8-10,12-13H2,1-4H3,(H,22,28)(H,23,24)/t18-/m1/s1. The molecule has 2 heterocycles. The Bertz CT molecular complexity index is 897. The predicted molar refractivity (Wildman–Crippen MR) is 110 cm³/mol. The smallest absolute Gasteiger partial charge is 0.237 e. The van der Waals surface area contributed by atoms with E-state index >= 15 is 0 Å². The Hall–Kier alpha value is -2.67. The molecule has 150 valence electrons. The molecule has 0 aliphatic carbocycles. The van der Waals surface area contributed by atoms with E-state index in [2.05, 4.69) is 26.3 Å². The minimum Gasteiger partial charge on any atom is -0.353 e. The van der Waals surface area contributed by atoms with Gasteiger partial charge in [0.05, 0.1) is 30.0 Å². The van der Waals surface area contributed by atoms with Crippen LogP contribution in [0, 0.1) is 6.92 Å². The van der Waals surface area contributed by atoms with E-state index in [1.165, 1.54) is 5.57 Å². The van der Waals surface area contributed by atoms with E-state index < -0.39 is 6.04 Å². The zero-order valence-electron chi connectivity index (χ0n) is 17.1. The highest BCUT2D eigenvalue weighted by Crippen LogP contribution is 2.15. The van der Waals surface area contributed by atoms with Crippen LogP contribution in [0.3, 0.4) is 0 Å². The van der Waals surface area contributed by atoms with Gasteiger partial charge in [-0.25, -0.2) is 4.98 Å². The molecule has 0 spiro atoms. The number of carbonyl (C=O) groups is 2. The maximum absolute atomic E-state index is 12.8. The molecule has 0 bridgehead atoms. The van der Waals surface area contributed by atoms with Crippen molar-refractivity contribution in [1.29, 1.82) is 0 Å². The molecule has 28 heavy (non-hydrogen) atoms. The number of amides is 2. The minimum atomic E-state index is -0.433. The average Bonchev–Trinajstić information content (AvgIpc) is 3.03. The highest BCUT2D eigenvalue weighted by Gasteiger charge is 2.31. The van der Waals surface area contributed by atoms with Gasteiger partial charge in [0.15, 0.2) is 0 Å². The minimum absolute atomic E-state index is 0.0686. The van der Waals surface area contributed by atoms with E-state index in [9.17, 15) is 9.59 Å². The molecule has 1 saturated heterocycles. The van der Waals surface area contributed by atoms with Crippen LogP contribution in [0.5, 0.6) is 0 Å². The number of imidazole rings is 1. The van der Waals surface area contributed by atoms with Gasteiger partial charge >= 0.3 is 0 Å². The van der Waals surface area contributed by atoms with Crippen molar-refractivity contribution >= 4 is 22.8 Å². The van der Waals surface area contributed by atoms with Crippen molar-refractivity contribution in [1.82, 2.24) is 25.1 Å². The molecule has 1 aromatic heterocycles. The van der Waals surface area contributed by atoms with Gasteiger partial charge in [0, 0.05) is 26.7 Å². The van der Waals surface area contributed by atoms with Gasteiger partial charge in [-0.15, -0.1) is 0 Å². The van der Waals surface area contributed by atoms with E-state index in [0.717, 1.165) is 29.0 Å². The molecule has 3 rings (SSSR count). The molecule has 7 heteroatoms. The molecule has 2 N–H and O–H groups in total. The van der Waals surface area contributed by atoms with Gasteiger partial charge in [0.25, 0.3) is 0 Å². The number of rotatable bonds is 6. The lowest BCUT2D eigenvalue weighted by Gasteiger charge is -2.34. The summed E-state index contributed by atoms with van der Waals surface area (Å²) in [5.74, 6) is 0.598. The van der Waals surface area contributed by atoms with Crippen LogP contribution < -0.4 is 5.32 Å². The summed E-state index contributed by atoms with van der Waals surface area (Å²) in [5.41, 5.74) is 4.22. The fraction of sp³-hybridized carbons (Fsp3) is 0.476. The number of hydrogen-bond donors (Lipinski definition) is 2.